The van der Waals surface area contributed by atoms with Gasteiger partial charge in [-0.25, -0.2) is 24.9 Å². The highest BCUT2D eigenvalue weighted by Gasteiger charge is 2.21. The molecule has 0 spiro atoms. The lowest BCUT2D eigenvalue weighted by atomic mass is 10.1. The van der Waals surface area contributed by atoms with Crippen LogP contribution in [0, 0.1) is 0 Å². The first-order valence-electron chi connectivity index (χ1n) is 19.8. The summed E-state index contributed by atoms with van der Waals surface area (Å²) in [6.45, 7) is 0. The molecule has 0 aliphatic heterocycles. The van der Waals surface area contributed by atoms with Crippen LogP contribution < -0.4 is 9.80 Å². The van der Waals surface area contributed by atoms with E-state index in [1.165, 1.54) is 0 Å². The Morgan fingerprint density at radius 1 is 0.311 bits per heavy atom. The van der Waals surface area contributed by atoms with Crippen LogP contribution in [0.1, 0.15) is 0 Å². The molecule has 286 valence electrons. The van der Waals surface area contributed by atoms with Crippen LogP contribution >= 0.6 is 0 Å². The molecule has 10 heteroatoms. The summed E-state index contributed by atoms with van der Waals surface area (Å²) in [6.07, 6.45) is 8.40. The van der Waals surface area contributed by atoms with E-state index < -0.39 is 0 Å². The van der Waals surface area contributed by atoms with Crippen LogP contribution in [0.4, 0.5) is 34.1 Å². The third-order valence-corrected chi connectivity index (χ3v) is 11.5. The Kier molecular flexibility index (Phi) is 7.07. The number of fused-ring (bicyclic) bond motifs is 11. The molecule has 6 heterocycles. The maximum Gasteiger partial charge on any atom is 0.172 e. The minimum absolute atomic E-state index is 0.640. The third-order valence-electron chi connectivity index (χ3n) is 11.5. The fraction of sp³-hybridized carbons (Fsp3) is 0. The first kappa shape index (κ1) is 33.4. The van der Waals surface area contributed by atoms with E-state index in [0.29, 0.717) is 27.9 Å². The second kappa shape index (κ2) is 12.9. The van der Waals surface area contributed by atoms with Gasteiger partial charge in [0.2, 0.25) is 0 Å². The van der Waals surface area contributed by atoms with Gasteiger partial charge in [-0.15, -0.1) is 0 Å². The monoisotopic (exact) mass is 787 g/mol. The van der Waals surface area contributed by atoms with Crippen LogP contribution in [0.2, 0.25) is 0 Å². The molecule has 0 unspecified atom stereocenters. The maximum absolute atomic E-state index is 6.76. The molecule has 61 heavy (non-hydrogen) atoms. The molecular weight excluding hydrogens is 759 g/mol. The predicted octanol–water partition coefficient (Wildman–Crippen LogP) is 13.6. The summed E-state index contributed by atoms with van der Waals surface area (Å²) < 4.78 is 19.3. The van der Waals surface area contributed by atoms with Crippen molar-refractivity contribution in [2.75, 3.05) is 9.80 Å². The van der Waals surface area contributed by atoms with E-state index in [4.69, 9.17) is 18.2 Å². The number of anilines is 6. The number of rotatable bonds is 6. The summed E-state index contributed by atoms with van der Waals surface area (Å²) in [5, 5.41) is 7.34. The zero-order valence-corrected chi connectivity index (χ0v) is 32.1. The van der Waals surface area contributed by atoms with Gasteiger partial charge in [0.25, 0.3) is 0 Å². The van der Waals surface area contributed by atoms with E-state index in [9.17, 15) is 0 Å². The molecule has 0 bridgehead atoms. The van der Waals surface area contributed by atoms with Crippen molar-refractivity contribution in [2.24, 2.45) is 0 Å². The molecule has 6 aromatic heterocycles. The smallest absolute Gasteiger partial charge is 0.172 e. The Bertz CT molecular complexity index is 3640. The highest BCUT2D eigenvalue weighted by molar-refractivity contribution is 6.07. The van der Waals surface area contributed by atoms with Crippen molar-refractivity contribution in [3.05, 3.63) is 177 Å². The Hall–Kier alpha value is -8.63. The van der Waals surface area contributed by atoms with Gasteiger partial charge in [0, 0.05) is 68.9 Å². The highest BCUT2D eigenvalue weighted by Crippen LogP contribution is 2.43. The fourth-order valence-electron chi connectivity index (χ4n) is 8.70. The van der Waals surface area contributed by atoms with E-state index in [-0.39, 0.29) is 0 Å². The minimum atomic E-state index is 0.640. The van der Waals surface area contributed by atoms with Gasteiger partial charge in [0.05, 0.1) is 24.3 Å². The Morgan fingerprint density at radius 2 is 0.705 bits per heavy atom. The van der Waals surface area contributed by atoms with Gasteiger partial charge >= 0.3 is 0 Å². The molecule has 0 radical (unpaired) electrons. The number of hydrogen-bond donors (Lipinski definition) is 0. The molecule has 0 aliphatic carbocycles. The van der Waals surface area contributed by atoms with E-state index in [1.54, 1.807) is 25.0 Å². The van der Waals surface area contributed by atoms with Crippen LogP contribution in [-0.4, -0.2) is 24.9 Å². The van der Waals surface area contributed by atoms with E-state index in [2.05, 4.69) is 163 Å². The van der Waals surface area contributed by atoms with E-state index in [1.807, 2.05) is 18.3 Å². The minimum Gasteiger partial charge on any atom is -0.454 e. The van der Waals surface area contributed by atoms with Crippen LogP contribution in [0.5, 0.6) is 0 Å². The number of pyridine rings is 1. The van der Waals surface area contributed by atoms with Crippen molar-refractivity contribution in [2.45, 2.75) is 0 Å². The highest BCUT2D eigenvalue weighted by atomic mass is 16.3. The first-order valence-corrected chi connectivity index (χ1v) is 19.8. The number of nitrogens with zero attached hydrogens (tertiary/aromatic N) is 7. The molecule has 0 N–H and O–H groups in total. The molecule has 13 aromatic rings. The maximum atomic E-state index is 6.76. The summed E-state index contributed by atoms with van der Waals surface area (Å²) >= 11 is 0. The van der Waals surface area contributed by atoms with Crippen LogP contribution in [0.3, 0.4) is 0 Å². The summed E-state index contributed by atoms with van der Waals surface area (Å²) in [4.78, 5) is 26.8. The first-order chi connectivity index (χ1) is 30.2. The van der Waals surface area contributed by atoms with Crippen LogP contribution in [0.25, 0.3) is 87.8 Å². The number of hydrogen-bond acceptors (Lipinski definition) is 10. The average molecular weight is 788 g/mol. The zero-order chi connectivity index (χ0) is 40.0. The molecule has 0 amide bonds. The Labute approximate surface area is 345 Å². The zero-order valence-electron chi connectivity index (χ0n) is 32.1. The van der Waals surface area contributed by atoms with E-state index in [0.717, 1.165) is 94.0 Å². The van der Waals surface area contributed by atoms with Gasteiger partial charge in [0.15, 0.2) is 16.7 Å². The summed E-state index contributed by atoms with van der Waals surface area (Å²) in [5.74, 6) is 0. The molecule has 7 aromatic carbocycles. The van der Waals surface area contributed by atoms with Crippen LogP contribution in [-0.2, 0) is 0 Å². The quantitative estimate of drug-likeness (QED) is 0.161. The van der Waals surface area contributed by atoms with E-state index >= 15 is 0 Å². The number of aromatic nitrogens is 5. The molecule has 13 rings (SSSR count). The Morgan fingerprint density at radius 3 is 1.21 bits per heavy atom. The molecule has 10 nitrogen and oxygen atoms in total. The summed E-state index contributed by atoms with van der Waals surface area (Å²) in [6, 6.07) is 50.4. The van der Waals surface area contributed by atoms with Gasteiger partial charge < -0.3 is 23.1 Å². The number of furan rings is 3. The fourth-order valence-corrected chi connectivity index (χ4v) is 8.70. The van der Waals surface area contributed by atoms with Crippen molar-refractivity contribution in [3.63, 3.8) is 0 Å². The second-order valence-corrected chi connectivity index (χ2v) is 15.1. The normalized spacial score (nSPS) is 11.9. The lowest BCUT2D eigenvalue weighted by molar-refractivity contribution is 0.665. The van der Waals surface area contributed by atoms with Gasteiger partial charge in [-0.05, 0) is 82.2 Å². The lowest BCUT2D eigenvalue weighted by Gasteiger charge is -2.25. The molecule has 0 saturated carbocycles. The summed E-state index contributed by atoms with van der Waals surface area (Å²) in [7, 11) is 0. The largest absolute Gasteiger partial charge is 0.454 e. The standard InChI is InChI=1S/C51H29N7O3/c1-3-7-32-19-34(11-9-30(32)5-1)57(37-14-17-41-44(22-37)60-47-26-52-28-55-50(41)47)36-13-16-40-43(21-36)59-46-24-39(25-54-49(40)46)58(35-12-10-31-6-2-4-8-33(31)20-35)38-15-18-42-45(23-38)61-48-27-53-29-56-51(42)48/h1-29H. The van der Waals surface area contributed by atoms with Gasteiger partial charge in [-0.1, -0.05) is 60.7 Å². The van der Waals surface area contributed by atoms with Crippen molar-refractivity contribution in [1.29, 1.82) is 0 Å². The predicted molar refractivity (Wildman–Crippen MR) is 242 cm³/mol. The lowest BCUT2D eigenvalue weighted by Crippen LogP contribution is -2.10. The average Bonchev–Trinajstić information content (AvgIpc) is 3.99. The van der Waals surface area contributed by atoms with Crippen LogP contribution in [0.15, 0.2) is 190 Å². The third kappa shape index (κ3) is 5.32. The molecule has 0 atom stereocenters. The van der Waals surface area contributed by atoms with Crippen molar-refractivity contribution < 1.29 is 13.3 Å². The van der Waals surface area contributed by atoms with Crippen molar-refractivity contribution in [1.82, 2.24) is 24.9 Å². The molecular formula is C51H29N7O3. The molecule has 0 saturated heterocycles. The van der Waals surface area contributed by atoms with Crippen molar-refractivity contribution in [3.8, 4) is 0 Å². The SMILES string of the molecule is c1ccc2cc(N(c3ccc4c(c3)oc3cncnc34)c3ccc4c(c3)oc3cc(N(c5ccc6ccccc6c5)c5ccc6c(c5)oc5cncnc56)cnc34)ccc2c1. The summed E-state index contributed by atoms with van der Waals surface area (Å²) in [5.41, 5.74) is 12.0. The molecule has 0 fully saturated rings. The van der Waals surface area contributed by atoms with Gasteiger partial charge in [-0.3, -0.25) is 0 Å². The number of benzene rings is 7. The Balaban J connectivity index is 0.961. The van der Waals surface area contributed by atoms with Gasteiger partial charge in [0.1, 0.15) is 46.0 Å². The van der Waals surface area contributed by atoms with Crippen molar-refractivity contribution >= 4 is 122 Å². The van der Waals surface area contributed by atoms with Gasteiger partial charge in [-0.2, -0.15) is 0 Å². The molecule has 0 aliphatic rings. The second-order valence-electron chi connectivity index (χ2n) is 15.1. The topological polar surface area (TPSA) is 110 Å².